The summed E-state index contributed by atoms with van der Waals surface area (Å²) < 4.78 is 6.08. The maximum Gasteiger partial charge on any atom is 0.224 e. The molecule has 0 saturated carbocycles. The van der Waals surface area contributed by atoms with Crippen molar-refractivity contribution in [3.05, 3.63) is 89.7 Å². The molecule has 0 radical (unpaired) electrons. The van der Waals surface area contributed by atoms with Gasteiger partial charge in [-0.15, -0.1) is 17.0 Å². The van der Waals surface area contributed by atoms with Gasteiger partial charge in [-0.05, 0) is 59.9 Å². The number of halogens is 1. The second kappa shape index (κ2) is 22.0. The van der Waals surface area contributed by atoms with Crippen LogP contribution in [0.2, 0.25) is 0 Å². The van der Waals surface area contributed by atoms with Crippen LogP contribution in [0.15, 0.2) is 73.1 Å². The largest absolute Gasteiger partial charge is 0.494 e. The molecule has 3 aromatic rings. The van der Waals surface area contributed by atoms with Crippen molar-refractivity contribution in [1.82, 2.24) is 4.98 Å². The molecule has 0 atom stereocenters. The number of hydrogen-bond acceptors (Lipinski definition) is 3. The van der Waals surface area contributed by atoms with Gasteiger partial charge in [-0.25, -0.2) is 0 Å². The number of amides is 1. The number of ether oxygens (including phenoxy) is 1. The second-order valence-electron chi connectivity index (χ2n) is 11.4. The van der Waals surface area contributed by atoms with Crippen LogP contribution in [-0.2, 0) is 17.8 Å². The summed E-state index contributed by atoms with van der Waals surface area (Å²) in [5.74, 6) is 0.906. The molecule has 1 amide bonds. The normalized spacial score (nSPS) is 10.7. The molecule has 1 heterocycles. The Bertz CT molecular complexity index is 1120. The van der Waals surface area contributed by atoms with E-state index in [1.54, 1.807) is 13.1 Å². The molecule has 4 nitrogen and oxygen atoms in total. The molecule has 0 aliphatic heterocycles. The van der Waals surface area contributed by atoms with Gasteiger partial charge < -0.3 is 9.64 Å². The molecule has 42 heavy (non-hydrogen) atoms. The Morgan fingerprint density at radius 3 is 1.93 bits per heavy atom. The van der Waals surface area contributed by atoms with Crippen molar-refractivity contribution >= 4 is 28.6 Å². The fraction of sp³-hybridized carbons (Fsp3) is 0.514. The van der Waals surface area contributed by atoms with Gasteiger partial charge >= 0.3 is 0 Å². The summed E-state index contributed by atoms with van der Waals surface area (Å²) in [7, 11) is 0. The Hall–Kier alpha value is -2.66. The van der Waals surface area contributed by atoms with E-state index in [0.717, 1.165) is 47.6 Å². The third kappa shape index (κ3) is 14.5. The first-order valence-corrected chi connectivity index (χ1v) is 16.1. The second-order valence-corrected chi connectivity index (χ2v) is 11.4. The molecule has 0 unspecified atom stereocenters. The highest BCUT2D eigenvalue weighted by Gasteiger charge is 2.13. The lowest BCUT2D eigenvalue weighted by molar-refractivity contribution is -0.116. The van der Waals surface area contributed by atoms with Crippen LogP contribution in [0.3, 0.4) is 0 Å². The van der Waals surface area contributed by atoms with Gasteiger partial charge in [0, 0.05) is 25.0 Å². The zero-order valence-electron chi connectivity index (χ0n) is 26.1. The molecule has 2 aromatic carbocycles. The number of anilines is 1. The predicted octanol–water partition coefficient (Wildman–Crippen LogP) is 10.7. The highest BCUT2D eigenvalue weighted by molar-refractivity contribution is 8.93. The van der Waals surface area contributed by atoms with E-state index in [2.05, 4.69) is 42.2 Å². The van der Waals surface area contributed by atoms with Crippen LogP contribution < -0.4 is 9.64 Å². The molecule has 0 saturated heterocycles. The number of nitrogens with zero attached hydrogens (tertiary/aromatic N) is 2. The number of hydrogen-bond donors (Lipinski definition) is 0. The molecule has 0 aliphatic carbocycles. The van der Waals surface area contributed by atoms with Crippen LogP contribution in [-0.4, -0.2) is 17.5 Å². The summed E-state index contributed by atoms with van der Waals surface area (Å²) in [4.78, 5) is 18.7. The first kappa shape index (κ1) is 35.5. The molecule has 0 fully saturated rings. The quantitative estimate of drug-likeness (QED) is 0.109. The minimum Gasteiger partial charge on any atom is -0.494 e. The van der Waals surface area contributed by atoms with E-state index in [0.29, 0.717) is 6.54 Å². The Balaban J connectivity index is 0.00000616. The number of aromatic nitrogens is 1. The monoisotopic (exact) mass is 636 g/mol. The lowest BCUT2D eigenvalue weighted by Gasteiger charge is -2.22. The number of benzene rings is 2. The average Bonchev–Trinajstić information content (AvgIpc) is 2.98. The van der Waals surface area contributed by atoms with Gasteiger partial charge in [0.2, 0.25) is 5.91 Å². The number of unbranched alkanes of at least 4 members (excludes halogenated alkanes) is 13. The fourth-order valence-corrected chi connectivity index (χ4v) is 5.36. The summed E-state index contributed by atoms with van der Waals surface area (Å²) in [6.07, 6.45) is 23.5. The van der Waals surface area contributed by atoms with Gasteiger partial charge in [0.15, 0.2) is 0 Å². The summed E-state index contributed by atoms with van der Waals surface area (Å²) in [5.41, 5.74) is 4.29. The third-order valence-corrected chi connectivity index (χ3v) is 7.74. The van der Waals surface area contributed by atoms with Crippen molar-refractivity contribution in [3.8, 4) is 5.75 Å². The molecule has 230 valence electrons. The highest BCUT2D eigenvalue weighted by Crippen LogP contribution is 2.23. The van der Waals surface area contributed by atoms with Crippen LogP contribution in [0.1, 0.15) is 120 Å². The number of carbonyl (C=O) groups excluding carboxylic acids is 1. The molecule has 0 aliphatic rings. The molecule has 5 heteroatoms. The zero-order chi connectivity index (χ0) is 29.0. The third-order valence-electron chi connectivity index (χ3n) is 7.74. The Labute approximate surface area is 266 Å². The van der Waals surface area contributed by atoms with Crippen molar-refractivity contribution < 1.29 is 9.53 Å². The van der Waals surface area contributed by atoms with Crippen molar-refractivity contribution in [2.75, 3.05) is 11.5 Å². The van der Waals surface area contributed by atoms with Crippen molar-refractivity contribution in [2.24, 2.45) is 0 Å². The fourth-order valence-electron chi connectivity index (χ4n) is 5.36. The Morgan fingerprint density at radius 2 is 1.31 bits per heavy atom. The SMILES string of the molecule is Br.CCCCCCCCCCCCCCCCOc1cccc(CN(C(C)=O)c2cccc(Cc3cccnc3)c2)c1. The molecular weight excluding hydrogens is 584 g/mol. The van der Waals surface area contributed by atoms with E-state index in [1.807, 2.05) is 41.4 Å². The van der Waals surface area contributed by atoms with E-state index in [4.69, 9.17) is 4.74 Å². The number of carbonyl (C=O) groups is 1. The maximum absolute atomic E-state index is 12.6. The molecule has 1 aromatic heterocycles. The molecule has 0 N–H and O–H groups in total. The summed E-state index contributed by atoms with van der Waals surface area (Å²) in [6, 6.07) is 20.4. The van der Waals surface area contributed by atoms with Gasteiger partial charge in [-0.2, -0.15) is 0 Å². The van der Waals surface area contributed by atoms with E-state index in [1.165, 1.54) is 83.5 Å². The summed E-state index contributed by atoms with van der Waals surface area (Å²) >= 11 is 0. The van der Waals surface area contributed by atoms with Gasteiger partial charge in [-0.1, -0.05) is 121 Å². The molecule has 0 bridgehead atoms. The van der Waals surface area contributed by atoms with Crippen molar-refractivity contribution in [2.45, 2.75) is 117 Å². The minimum atomic E-state index is 0. The molecule has 3 rings (SSSR count). The number of rotatable bonds is 21. The molecular formula is C37H53BrN2O2. The van der Waals surface area contributed by atoms with Crippen LogP contribution in [0.4, 0.5) is 5.69 Å². The lowest BCUT2D eigenvalue weighted by Crippen LogP contribution is -2.27. The lowest BCUT2D eigenvalue weighted by atomic mass is 10.0. The Kier molecular flexibility index (Phi) is 18.6. The highest BCUT2D eigenvalue weighted by atomic mass is 79.9. The standard InChI is InChI=1S/C37H52N2O2.BrH/c1-3-4-5-6-7-8-9-10-11-12-13-14-15-16-26-41-37-24-18-21-35(29-37)31-39(32(2)40)36-23-17-20-33(28-36)27-34-22-19-25-38-30-34;/h17-25,28-30H,3-16,26-27,31H2,1-2H3;1H. The van der Waals surface area contributed by atoms with Gasteiger partial charge in [-0.3, -0.25) is 9.78 Å². The van der Waals surface area contributed by atoms with E-state index >= 15 is 0 Å². The predicted molar refractivity (Wildman–Crippen MR) is 183 cm³/mol. The van der Waals surface area contributed by atoms with E-state index < -0.39 is 0 Å². The summed E-state index contributed by atoms with van der Waals surface area (Å²) in [5, 5.41) is 0. The van der Waals surface area contributed by atoms with Crippen LogP contribution in [0.25, 0.3) is 0 Å². The van der Waals surface area contributed by atoms with Gasteiger partial charge in [0.05, 0.1) is 13.2 Å². The van der Waals surface area contributed by atoms with Crippen molar-refractivity contribution in [3.63, 3.8) is 0 Å². The van der Waals surface area contributed by atoms with Gasteiger partial charge in [0.1, 0.15) is 5.75 Å². The molecule has 0 spiro atoms. The maximum atomic E-state index is 12.6. The zero-order valence-corrected chi connectivity index (χ0v) is 27.8. The van der Waals surface area contributed by atoms with Gasteiger partial charge in [0.25, 0.3) is 0 Å². The number of pyridine rings is 1. The van der Waals surface area contributed by atoms with Crippen LogP contribution in [0.5, 0.6) is 5.75 Å². The summed E-state index contributed by atoms with van der Waals surface area (Å²) in [6.45, 7) is 5.17. The van der Waals surface area contributed by atoms with E-state index in [9.17, 15) is 4.79 Å². The average molecular weight is 638 g/mol. The topological polar surface area (TPSA) is 42.4 Å². The first-order valence-electron chi connectivity index (χ1n) is 16.1. The smallest absolute Gasteiger partial charge is 0.224 e. The Morgan fingerprint density at radius 1 is 0.714 bits per heavy atom. The van der Waals surface area contributed by atoms with Crippen LogP contribution >= 0.6 is 17.0 Å². The van der Waals surface area contributed by atoms with Crippen LogP contribution in [0, 0.1) is 0 Å². The minimum absolute atomic E-state index is 0. The first-order chi connectivity index (χ1) is 20.2. The van der Waals surface area contributed by atoms with Crippen molar-refractivity contribution in [1.29, 1.82) is 0 Å². The van der Waals surface area contributed by atoms with E-state index in [-0.39, 0.29) is 22.9 Å².